The van der Waals surface area contributed by atoms with Gasteiger partial charge < -0.3 is 10.4 Å². The van der Waals surface area contributed by atoms with Gasteiger partial charge in [0.15, 0.2) is 0 Å². The molecule has 0 amide bonds. The summed E-state index contributed by atoms with van der Waals surface area (Å²) in [5, 5.41) is 17.2. The highest BCUT2D eigenvalue weighted by Crippen LogP contribution is 2.36. The normalized spacial score (nSPS) is 18.7. The van der Waals surface area contributed by atoms with E-state index in [0.29, 0.717) is 6.61 Å². The molecule has 4 nitrogen and oxygen atoms in total. The van der Waals surface area contributed by atoms with Crippen LogP contribution in [0.4, 0.5) is 0 Å². The van der Waals surface area contributed by atoms with E-state index in [1.165, 1.54) is 18.5 Å². The van der Waals surface area contributed by atoms with Gasteiger partial charge in [0.2, 0.25) is 0 Å². The fourth-order valence-corrected chi connectivity index (χ4v) is 2.77. The second kappa shape index (κ2) is 5.65. The van der Waals surface area contributed by atoms with Gasteiger partial charge >= 0.3 is 0 Å². The Labute approximate surface area is 103 Å². The molecule has 17 heavy (non-hydrogen) atoms. The van der Waals surface area contributed by atoms with Crippen LogP contribution in [0.2, 0.25) is 0 Å². The summed E-state index contributed by atoms with van der Waals surface area (Å²) in [5.74, 6) is 0. The fourth-order valence-electron chi connectivity index (χ4n) is 2.77. The minimum Gasteiger partial charge on any atom is -0.396 e. The van der Waals surface area contributed by atoms with Gasteiger partial charge in [-0.15, -0.1) is 0 Å². The fraction of sp³-hybridized carbons (Fsp3) is 0.769. The topological polar surface area (TPSA) is 50.1 Å². The molecule has 1 heterocycles. The zero-order valence-corrected chi connectivity index (χ0v) is 10.7. The van der Waals surface area contributed by atoms with Gasteiger partial charge in [-0.3, -0.25) is 4.68 Å². The summed E-state index contributed by atoms with van der Waals surface area (Å²) in [6, 6.07) is 2.05. The molecule has 1 aliphatic rings. The molecule has 1 aromatic heterocycles. The standard InChI is InChI=1S/C13H23N3O/c1-2-16-12(5-8-15-16)9-14-10-13(11-17)6-3-4-7-13/h5,8,14,17H,2-4,6-7,9-11H2,1H3. The van der Waals surface area contributed by atoms with E-state index in [9.17, 15) is 5.11 Å². The monoisotopic (exact) mass is 237 g/mol. The molecule has 0 bridgehead atoms. The van der Waals surface area contributed by atoms with E-state index < -0.39 is 0 Å². The number of hydrogen-bond acceptors (Lipinski definition) is 3. The van der Waals surface area contributed by atoms with Crippen LogP contribution in [0.25, 0.3) is 0 Å². The van der Waals surface area contributed by atoms with Gasteiger partial charge in [-0.1, -0.05) is 12.8 Å². The Bertz CT molecular complexity index is 342. The highest BCUT2D eigenvalue weighted by atomic mass is 16.3. The maximum atomic E-state index is 9.52. The van der Waals surface area contributed by atoms with Crippen LogP contribution in [-0.4, -0.2) is 28.0 Å². The van der Waals surface area contributed by atoms with E-state index in [4.69, 9.17) is 0 Å². The van der Waals surface area contributed by atoms with Crippen molar-refractivity contribution in [1.82, 2.24) is 15.1 Å². The van der Waals surface area contributed by atoms with Gasteiger partial charge in [0.1, 0.15) is 0 Å². The molecule has 0 aromatic carbocycles. The lowest BCUT2D eigenvalue weighted by molar-refractivity contribution is 0.128. The smallest absolute Gasteiger partial charge is 0.0521 e. The molecule has 96 valence electrons. The molecule has 0 aliphatic heterocycles. The summed E-state index contributed by atoms with van der Waals surface area (Å²) in [6.07, 6.45) is 6.68. The number of aliphatic hydroxyl groups excluding tert-OH is 1. The summed E-state index contributed by atoms with van der Waals surface area (Å²) in [7, 11) is 0. The van der Waals surface area contributed by atoms with Crippen molar-refractivity contribution in [2.75, 3.05) is 13.2 Å². The first kappa shape index (κ1) is 12.6. The minimum absolute atomic E-state index is 0.136. The highest BCUT2D eigenvalue weighted by molar-refractivity contribution is 5.00. The molecule has 4 heteroatoms. The van der Waals surface area contributed by atoms with Crippen molar-refractivity contribution in [2.45, 2.75) is 45.7 Å². The first-order chi connectivity index (χ1) is 8.29. The zero-order chi connectivity index (χ0) is 12.1. The van der Waals surface area contributed by atoms with Crippen molar-refractivity contribution in [3.8, 4) is 0 Å². The number of hydrogen-bond donors (Lipinski definition) is 2. The maximum absolute atomic E-state index is 9.52. The lowest BCUT2D eigenvalue weighted by Crippen LogP contribution is -2.35. The number of aromatic nitrogens is 2. The number of rotatable bonds is 6. The Morgan fingerprint density at radius 1 is 1.47 bits per heavy atom. The van der Waals surface area contributed by atoms with E-state index in [2.05, 4.69) is 23.4 Å². The van der Waals surface area contributed by atoms with Crippen LogP contribution in [0.15, 0.2) is 12.3 Å². The summed E-state index contributed by atoms with van der Waals surface area (Å²) in [6.45, 7) is 5.08. The van der Waals surface area contributed by atoms with Crippen molar-refractivity contribution in [3.63, 3.8) is 0 Å². The number of nitrogens with one attached hydrogen (secondary N) is 1. The molecule has 2 N–H and O–H groups in total. The molecule has 0 unspecified atom stereocenters. The Morgan fingerprint density at radius 2 is 2.24 bits per heavy atom. The highest BCUT2D eigenvalue weighted by Gasteiger charge is 2.32. The molecule has 1 saturated carbocycles. The average Bonchev–Trinajstić information content (AvgIpc) is 2.98. The first-order valence-corrected chi connectivity index (χ1v) is 6.62. The van der Waals surface area contributed by atoms with Crippen molar-refractivity contribution < 1.29 is 5.11 Å². The summed E-state index contributed by atoms with van der Waals surface area (Å²) >= 11 is 0. The number of aryl methyl sites for hydroxylation is 1. The molecule has 0 spiro atoms. The zero-order valence-electron chi connectivity index (χ0n) is 10.7. The molecule has 0 saturated heterocycles. The van der Waals surface area contributed by atoms with E-state index in [1.807, 2.05) is 10.9 Å². The summed E-state index contributed by atoms with van der Waals surface area (Å²) in [4.78, 5) is 0. The van der Waals surface area contributed by atoms with Crippen LogP contribution in [-0.2, 0) is 13.1 Å². The molecule has 0 atom stereocenters. The third-order valence-electron chi connectivity index (χ3n) is 3.91. The lowest BCUT2D eigenvalue weighted by atomic mass is 9.87. The van der Waals surface area contributed by atoms with Gasteiger partial charge in [0.05, 0.1) is 5.69 Å². The molecular formula is C13H23N3O. The number of aliphatic hydroxyl groups is 1. The molecular weight excluding hydrogens is 214 g/mol. The Hall–Kier alpha value is -0.870. The molecule has 1 aliphatic carbocycles. The average molecular weight is 237 g/mol. The van der Waals surface area contributed by atoms with E-state index >= 15 is 0 Å². The predicted molar refractivity (Wildman–Crippen MR) is 67.6 cm³/mol. The van der Waals surface area contributed by atoms with E-state index in [0.717, 1.165) is 32.5 Å². The lowest BCUT2D eigenvalue weighted by Gasteiger charge is -2.26. The van der Waals surface area contributed by atoms with Crippen LogP contribution >= 0.6 is 0 Å². The van der Waals surface area contributed by atoms with E-state index in [-0.39, 0.29) is 5.41 Å². The second-order valence-electron chi connectivity index (χ2n) is 5.11. The SMILES string of the molecule is CCn1nccc1CNCC1(CO)CCCC1. The van der Waals surface area contributed by atoms with Gasteiger partial charge in [-0.05, 0) is 25.8 Å². The van der Waals surface area contributed by atoms with Crippen LogP contribution in [0.5, 0.6) is 0 Å². The first-order valence-electron chi connectivity index (χ1n) is 6.62. The Morgan fingerprint density at radius 3 is 2.88 bits per heavy atom. The van der Waals surface area contributed by atoms with Crippen LogP contribution in [0, 0.1) is 5.41 Å². The van der Waals surface area contributed by atoms with Gasteiger partial charge in [-0.2, -0.15) is 5.10 Å². The van der Waals surface area contributed by atoms with Gasteiger partial charge in [0, 0.05) is 37.9 Å². The Kier molecular flexibility index (Phi) is 4.18. The van der Waals surface area contributed by atoms with Crippen molar-refractivity contribution >= 4 is 0 Å². The molecule has 1 fully saturated rings. The van der Waals surface area contributed by atoms with Crippen molar-refractivity contribution in [1.29, 1.82) is 0 Å². The predicted octanol–water partition coefficient (Wildman–Crippen LogP) is 1.55. The summed E-state index contributed by atoms with van der Waals surface area (Å²) in [5.41, 5.74) is 1.36. The van der Waals surface area contributed by atoms with E-state index in [1.54, 1.807) is 0 Å². The second-order valence-corrected chi connectivity index (χ2v) is 5.11. The number of nitrogens with zero attached hydrogens (tertiary/aromatic N) is 2. The maximum Gasteiger partial charge on any atom is 0.0521 e. The summed E-state index contributed by atoms with van der Waals surface area (Å²) < 4.78 is 2.01. The van der Waals surface area contributed by atoms with Gasteiger partial charge in [-0.25, -0.2) is 0 Å². The third kappa shape index (κ3) is 2.87. The molecule has 1 aromatic rings. The van der Waals surface area contributed by atoms with Crippen LogP contribution in [0.1, 0.15) is 38.3 Å². The third-order valence-corrected chi connectivity index (χ3v) is 3.91. The van der Waals surface area contributed by atoms with Crippen molar-refractivity contribution in [2.24, 2.45) is 5.41 Å². The Balaban J connectivity index is 1.82. The quantitative estimate of drug-likeness (QED) is 0.789. The van der Waals surface area contributed by atoms with Crippen molar-refractivity contribution in [3.05, 3.63) is 18.0 Å². The molecule has 0 radical (unpaired) electrons. The van der Waals surface area contributed by atoms with Crippen LogP contribution in [0.3, 0.4) is 0 Å². The largest absolute Gasteiger partial charge is 0.396 e. The van der Waals surface area contributed by atoms with Crippen LogP contribution < -0.4 is 5.32 Å². The van der Waals surface area contributed by atoms with Gasteiger partial charge in [0.25, 0.3) is 0 Å². The molecule has 2 rings (SSSR count). The minimum atomic E-state index is 0.136.